The third-order valence-electron chi connectivity index (χ3n) is 3.22. The van der Waals surface area contributed by atoms with Crippen LogP contribution in [0.2, 0.25) is 0 Å². The van der Waals surface area contributed by atoms with Crippen molar-refractivity contribution in [1.82, 2.24) is 8.61 Å². The van der Waals surface area contributed by atoms with Crippen LogP contribution < -0.4 is 0 Å². The molecule has 7 heteroatoms. The number of carboxylic acids is 1. The zero-order chi connectivity index (χ0) is 14.6. The lowest BCUT2D eigenvalue weighted by Crippen LogP contribution is -2.54. The number of hydrogen-bond acceptors (Lipinski definition) is 3. The fourth-order valence-corrected chi connectivity index (χ4v) is 4.23. The fraction of sp³-hybridized carbons (Fsp3) is 0.750. The molecule has 1 aliphatic rings. The van der Waals surface area contributed by atoms with Crippen molar-refractivity contribution in [2.24, 2.45) is 0 Å². The van der Waals surface area contributed by atoms with Crippen LogP contribution in [0.25, 0.3) is 0 Å². The first-order valence-corrected chi connectivity index (χ1v) is 7.84. The summed E-state index contributed by atoms with van der Waals surface area (Å²) in [6, 6.07) is -1.19. The van der Waals surface area contributed by atoms with E-state index in [0.717, 1.165) is 10.7 Å². The Bertz CT molecular complexity index is 433. The summed E-state index contributed by atoms with van der Waals surface area (Å²) in [6.45, 7) is 7.53. The van der Waals surface area contributed by atoms with Gasteiger partial charge in [0.1, 0.15) is 6.04 Å². The summed E-state index contributed by atoms with van der Waals surface area (Å²) in [6.07, 6.45) is 3.32. The second-order valence-electron chi connectivity index (χ2n) is 4.92. The van der Waals surface area contributed by atoms with Gasteiger partial charge in [0, 0.05) is 19.1 Å². The standard InChI is InChI=1S/C12H22N2O4S/c1-4-8-13(10(2)3)19(17,18)14-9-6-5-7-11(14)12(15)16/h4,10-11H,1,5-9H2,2-3H3,(H,15,16). The SMILES string of the molecule is C=CCN(C(C)C)S(=O)(=O)N1CCCCC1C(=O)O. The van der Waals surface area contributed by atoms with Gasteiger partial charge in [-0.3, -0.25) is 4.79 Å². The summed E-state index contributed by atoms with van der Waals surface area (Å²) >= 11 is 0. The molecule has 1 unspecified atom stereocenters. The molecular formula is C12H22N2O4S. The van der Waals surface area contributed by atoms with Crippen LogP contribution in [0.4, 0.5) is 0 Å². The van der Waals surface area contributed by atoms with E-state index in [-0.39, 0.29) is 19.1 Å². The Kier molecular flexibility index (Phi) is 5.51. The predicted molar refractivity (Wildman–Crippen MR) is 72.9 cm³/mol. The number of aliphatic carboxylic acids is 1. The molecule has 0 bridgehead atoms. The van der Waals surface area contributed by atoms with Crippen LogP contribution in [-0.4, -0.2) is 53.3 Å². The molecule has 0 aliphatic carbocycles. The minimum atomic E-state index is -3.77. The van der Waals surface area contributed by atoms with E-state index in [1.54, 1.807) is 13.8 Å². The third kappa shape index (κ3) is 3.55. The first kappa shape index (κ1) is 16.1. The maximum absolute atomic E-state index is 12.6. The van der Waals surface area contributed by atoms with Crippen LogP contribution in [0, 0.1) is 0 Å². The minimum Gasteiger partial charge on any atom is -0.480 e. The number of nitrogens with zero attached hydrogens (tertiary/aromatic N) is 2. The second kappa shape index (κ2) is 6.49. The largest absolute Gasteiger partial charge is 0.480 e. The first-order chi connectivity index (χ1) is 8.82. The average molecular weight is 290 g/mol. The van der Waals surface area contributed by atoms with E-state index in [9.17, 15) is 18.3 Å². The Morgan fingerprint density at radius 1 is 1.53 bits per heavy atom. The molecule has 1 heterocycles. The summed E-state index contributed by atoms with van der Waals surface area (Å²) in [5.41, 5.74) is 0. The normalized spacial score (nSPS) is 21.8. The van der Waals surface area contributed by atoms with E-state index in [2.05, 4.69) is 6.58 Å². The Morgan fingerprint density at radius 2 is 2.16 bits per heavy atom. The molecular weight excluding hydrogens is 268 g/mol. The van der Waals surface area contributed by atoms with Crippen molar-refractivity contribution in [3.05, 3.63) is 12.7 Å². The maximum Gasteiger partial charge on any atom is 0.322 e. The van der Waals surface area contributed by atoms with Crippen molar-refractivity contribution in [3.8, 4) is 0 Å². The van der Waals surface area contributed by atoms with Crippen molar-refractivity contribution >= 4 is 16.2 Å². The van der Waals surface area contributed by atoms with Crippen molar-refractivity contribution in [2.45, 2.75) is 45.2 Å². The summed E-state index contributed by atoms with van der Waals surface area (Å²) in [5.74, 6) is -1.08. The summed E-state index contributed by atoms with van der Waals surface area (Å²) in [4.78, 5) is 11.2. The molecule has 1 N–H and O–H groups in total. The van der Waals surface area contributed by atoms with E-state index < -0.39 is 22.2 Å². The van der Waals surface area contributed by atoms with Crippen LogP contribution in [0.15, 0.2) is 12.7 Å². The van der Waals surface area contributed by atoms with Crippen molar-refractivity contribution in [2.75, 3.05) is 13.1 Å². The molecule has 0 aromatic rings. The van der Waals surface area contributed by atoms with Gasteiger partial charge in [-0.15, -0.1) is 6.58 Å². The van der Waals surface area contributed by atoms with Gasteiger partial charge < -0.3 is 5.11 Å². The van der Waals surface area contributed by atoms with E-state index in [4.69, 9.17) is 0 Å². The topological polar surface area (TPSA) is 77.9 Å². The molecule has 19 heavy (non-hydrogen) atoms. The van der Waals surface area contributed by atoms with E-state index in [1.807, 2.05) is 0 Å². The Balaban J connectivity index is 3.07. The lowest BCUT2D eigenvalue weighted by molar-refractivity contribution is -0.142. The van der Waals surface area contributed by atoms with Gasteiger partial charge >= 0.3 is 5.97 Å². The number of rotatable bonds is 6. The maximum atomic E-state index is 12.6. The van der Waals surface area contributed by atoms with E-state index >= 15 is 0 Å². The molecule has 0 aromatic carbocycles. The smallest absolute Gasteiger partial charge is 0.322 e. The molecule has 0 saturated carbocycles. The highest BCUT2D eigenvalue weighted by Gasteiger charge is 2.40. The molecule has 6 nitrogen and oxygen atoms in total. The highest BCUT2D eigenvalue weighted by Crippen LogP contribution is 2.24. The van der Waals surface area contributed by atoms with E-state index in [0.29, 0.717) is 12.8 Å². The van der Waals surface area contributed by atoms with Crippen LogP contribution in [-0.2, 0) is 15.0 Å². The van der Waals surface area contributed by atoms with Gasteiger partial charge in [0.05, 0.1) is 0 Å². The number of carbonyl (C=O) groups is 1. The lowest BCUT2D eigenvalue weighted by Gasteiger charge is -2.37. The van der Waals surface area contributed by atoms with Crippen molar-refractivity contribution < 1.29 is 18.3 Å². The summed E-state index contributed by atoms with van der Waals surface area (Å²) < 4.78 is 27.5. The Labute approximate surface area is 114 Å². The van der Waals surface area contributed by atoms with Gasteiger partial charge in [-0.2, -0.15) is 17.0 Å². The zero-order valence-electron chi connectivity index (χ0n) is 11.4. The third-order valence-corrected chi connectivity index (χ3v) is 5.41. The van der Waals surface area contributed by atoms with Gasteiger partial charge in [-0.05, 0) is 33.1 Å². The molecule has 0 radical (unpaired) electrons. The Hall–Kier alpha value is -0.920. The molecule has 1 fully saturated rings. The number of piperidine rings is 1. The second-order valence-corrected chi connectivity index (χ2v) is 6.75. The molecule has 110 valence electrons. The van der Waals surface area contributed by atoms with Crippen LogP contribution in [0.5, 0.6) is 0 Å². The monoisotopic (exact) mass is 290 g/mol. The highest BCUT2D eigenvalue weighted by molar-refractivity contribution is 7.86. The molecule has 1 rings (SSSR count). The quantitative estimate of drug-likeness (QED) is 0.742. The minimum absolute atomic E-state index is 0.183. The van der Waals surface area contributed by atoms with Crippen LogP contribution in [0.3, 0.4) is 0 Å². The van der Waals surface area contributed by atoms with Gasteiger partial charge in [-0.25, -0.2) is 0 Å². The molecule has 1 saturated heterocycles. The van der Waals surface area contributed by atoms with Gasteiger partial charge in [0.15, 0.2) is 0 Å². The van der Waals surface area contributed by atoms with Crippen molar-refractivity contribution in [1.29, 1.82) is 0 Å². The van der Waals surface area contributed by atoms with Gasteiger partial charge in [0.2, 0.25) is 0 Å². The van der Waals surface area contributed by atoms with Crippen molar-refractivity contribution in [3.63, 3.8) is 0 Å². The van der Waals surface area contributed by atoms with Gasteiger partial charge in [-0.1, -0.05) is 6.08 Å². The highest BCUT2D eigenvalue weighted by atomic mass is 32.2. The summed E-state index contributed by atoms with van der Waals surface area (Å²) in [7, 11) is -3.77. The average Bonchev–Trinajstić information content (AvgIpc) is 2.35. The summed E-state index contributed by atoms with van der Waals surface area (Å²) in [5, 5.41) is 9.18. The Morgan fingerprint density at radius 3 is 2.63 bits per heavy atom. The molecule has 1 aliphatic heterocycles. The fourth-order valence-electron chi connectivity index (χ4n) is 2.26. The van der Waals surface area contributed by atoms with Crippen LogP contribution in [0.1, 0.15) is 33.1 Å². The molecule has 0 amide bonds. The lowest BCUT2D eigenvalue weighted by atomic mass is 10.1. The van der Waals surface area contributed by atoms with Gasteiger partial charge in [0.25, 0.3) is 10.2 Å². The molecule has 0 aromatic heterocycles. The first-order valence-electron chi connectivity index (χ1n) is 6.44. The molecule has 0 spiro atoms. The predicted octanol–water partition coefficient (Wildman–Crippen LogP) is 1.07. The number of hydrogen-bond donors (Lipinski definition) is 1. The number of carboxylic acid groups (broad SMARTS) is 1. The van der Waals surface area contributed by atoms with Crippen LogP contribution >= 0.6 is 0 Å². The van der Waals surface area contributed by atoms with E-state index in [1.165, 1.54) is 10.4 Å². The molecule has 1 atom stereocenters. The zero-order valence-corrected chi connectivity index (χ0v) is 12.3.